The number of aliphatic hydroxyl groups is 1. The maximum atomic E-state index is 12.1. The fourth-order valence-corrected chi connectivity index (χ4v) is 3.43. The lowest BCUT2D eigenvalue weighted by molar-refractivity contribution is 0.265. The third-order valence-corrected chi connectivity index (χ3v) is 5.01. The molecule has 0 aliphatic heterocycles. The predicted molar refractivity (Wildman–Crippen MR) is 86.0 cm³/mol. The summed E-state index contributed by atoms with van der Waals surface area (Å²) in [5.74, 6) is 0. The summed E-state index contributed by atoms with van der Waals surface area (Å²) in [6.07, 6.45) is 0. The van der Waals surface area contributed by atoms with Gasteiger partial charge in [-0.2, -0.15) is 0 Å². The Kier molecular flexibility index (Phi) is 5.05. The highest BCUT2D eigenvalue weighted by Gasteiger charge is 2.16. The fraction of sp³-hybridized carbons (Fsp3) is 0.200. The van der Waals surface area contributed by atoms with Crippen LogP contribution >= 0.6 is 12.6 Å². The zero-order chi connectivity index (χ0) is 15.5. The van der Waals surface area contributed by atoms with Crippen LogP contribution in [0, 0.1) is 0 Å². The van der Waals surface area contributed by atoms with Crippen LogP contribution in [0.4, 0.5) is 0 Å². The zero-order valence-electron chi connectivity index (χ0n) is 11.5. The second kappa shape index (κ2) is 6.62. The third kappa shape index (κ3) is 3.85. The van der Waals surface area contributed by atoms with Crippen molar-refractivity contribution in [3.63, 3.8) is 0 Å². The minimum Gasteiger partial charge on any atom is -0.395 e. The van der Waals surface area contributed by atoms with E-state index in [0.717, 1.165) is 16.0 Å². The summed E-state index contributed by atoms with van der Waals surface area (Å²) in [5, 5.41) is 8.93. The summed E-state index contributed by atoms with van der Waals surface area (Å²) in [4.78, 5) is 1.00. The highest BCUT2D eigenvalue weighted by molar-refractivity contribution is 7.89. The van der Waals surface area contributed by atoms with Crippen molar-refractivity contribution in [2.24, 2.45) is 0 Å². The maximum absolute atomic E-state index is 12.1. The molecule has 0 saturated heterocycles. The van der Waals surface area contributed by atoms with E-state index in [0.29, 0.717) is 0 Å². The molecule has 0 unspecified atom stereocenters. The van der Waals surface area contributed by atoms with E-state index in [1.165, 1.54) is 0 Å². The number of benzene rings is 2. The standard InChI is InChI=1S/C15H17NO3S2/c1-11(10-17)16-21(18,19)13-8-6-12(7-9-13)14-4-2-3-5-15(14)20/h2-9,11,16-17,20H,10H2,1H3/t11-/m1/s1. The normalized spacial score (nSPS) is 13.1. The molecule has 112 valence electrons. The molecule has 2 rings (SSSR count). The highest BCUT2D eigenvalue weighted by Crippen LogP contribution is 2.27. The molecule has 21 heavy (non-hydrogen) atoms. The van der Waals surface area contributed by atoms with Crippen LogP contribution in [0.25, 0.3) is 11.1 Å². The predicted octanol–water partition coefficient (Wildman–Crippen LogP) is 2.30. The van der Waals surface area contributed by atoms with Gasteiger partial charge in [0.15, 0.2) is 0 Å². The van der Waals surface area contributed by atoms with Crippen LogP contribution in [0.5, 0.6) is 0 Å². The number of rotatable bonds is 5. The van der Waals surface area contributed by atoms with Gasteiger partial charge in [0, 0.05) is 10.9 Å². The van der Waals surface area contributed by atoms with Gasteiger partial charge in [-0.3, -0.25) is 0 Å². The van der Waals surface area contributed by atoms with Crippen LogP contribution in [0.1, 0.15) is 6.92 Å². The lowest BCUT2D eigenvalue weighted by atomic mass is 10.1. The molecular weight excluding hydrogens is 306 g/mol. The average Bonchev–Trinajstić information content (AvgIpc) is 2.47. The van der Waals surface area contributed by atoms with E-state index in [1.54, 1.807) is 31.2 Å². The molecule has 0 radical (unpaired) electrons. The number of thiol groups is 1. The molecule has 2 N–H and O–H groups in total. The Morgan fingerprint density at radius 1 is 1.14 bits per heavy atom. The Labute approximate surface area is 130 Å². The first-order valence-corrected chi connectivity index (χ1v) is 8.38. The van der Waals surface area contributed by atoms with E-state index in [9.17, 15) is 8.42 Å². The topological polar surface area (TPSA) is 66.4 Å². The van der Waals surface area contributed by atoms with Crippen molar-refractivity contribution in [1.29, 1.82) is 0 Å². The molecule has 6 heteroatoms. The molecule has 2 aromatic rings. The van der Waals surface area contributed by atoms with Gasteiger partial charge in [-0.1, -0.05) is 30.3 Å². The van der Waals surface area contributed by atoms with Gasteiger partial charge in [0.2, 0.25) is 10.0 Å². The molecule has 0 heterocycles. The largest absolute Gasteiger partial charge is 0.395 e. The van der Waals surface area contributed by atoms with Crippen LogP contribution < -0.4 is 4.72 Å². The molecule has 0 saturated carbocycles. The van der Waals surface area contributed by atoms with Gasteiger partial charge in [-0.05, 0) is 36.2 Å². The van der Waals surface area contributed by atoms with Crippen molar-refractivity contribution < 1.29 is 13.5 Å². The fourth-order valence-electron chi connectivity index (χ4n) is 1.90. The Hall–Kier alpha value is -1.34. The van der Waals surface area contributed by atoms with Crippen LogP contribution in [0.15, 0.2) is 58.3 Å². The van der Waals surface area contributed by atoms with Gasteiger partial charge in [0.05, 0.1) is 11.5 Å². The van der Waals surface area contributed by atoms with E-state index in [4.69, 9.17) is 5.11 Å². The second-order valence-electron chi connectivity index (χ2n) is 4.75. The summed E-state index contributed by atoms with van der Waals surface area (Å²) in [7, 11) is -3.61. The molecule has 1 atom stereocenters. The van der Waals surface area contributed by atoms with Gasteiger partial charge in [0.25, 0.3) is 0 Å². The summed E-state index contributed by atoms with van der Waals surface area (Å²) in [6.45, 7) is 1.35. The summed E-state index contributed by atoms with van der Waals surface area (Å²) in [5.41, 5.74) is 1.84. The van der Waals surface area contributed by atoms with Gasteiger partial charge in [-0.15, -0.1) is 12.6 Å². The highest BCUT2D eigenvalue weighted by atomic mass is 32.2. The molecule has 0 aliphatic rings. The summed E-state index contributed by atoms with van der Waals surface area (Å²) in [6, 6.07) is 13.7. The van der Waals surface area contributed by atoms with E-state index < -0.39 is 16.1 Å². The molecule has 2 aromatic carbocycles. The van der Waals surface area contributed by atoms with E-state index in [-0.39, 0.29) is 11.5 Å². The minimum atomic E-state index is -3.61. The number of nitrogens with one attached hydrogen (secondary N) is 1. The lowest BCUT2D eigenvalue weighted by Crippen LogP contribution is -2.34. The maximum Gasteiger partial charge on any atom is 0.240 e. The monoisotopic (exact) mass is 323 g/mol. The van der Waals surface area contributed by atoms with Crippen molar-refractivity contribution in [2.45, 2.75) is 22.8 Å². The Balaban J connectivity index is 2.29. The number of sulfonamides is 1. The number of hydrogen-bond acceptors (Lipinski definition) is 4. The van der Waals surface area contributed by atoms with Crippen LogP contribution in [-0.2, 0) is 10.0 Å². The average molecular weight is 323 g/mol. The van der Waals surface area contributed by atoms with Crippen molar-refractivity contribution in [2.75, 3.05) is 6.61 Å². The molecule has 0 aromatic heterocycles. The van der Waals surface area contributed by atoms with E-state index in [1.807, 2.05) is 24.3 Å². The molecule has 4 nitrogen and oxygen atoms in total. The van der Waals surface area contributed by atoms with E-state index in [2.05, 4.69) is 17.4 Å². The Morgan fingerprint density at radius 3 is 2.33 bits per heavy atom. The van der Waals surface area contributed by atoms with Gasteiger partial charge < -0.3 is 5.11 Å². The number of hydrogen-bond donors (Lipinski definition) is 3. The lowest BCUT2D eigenvalue weighted by Gasteiger charge is -2.12. The van der Waals surface area contributed by atoms with Crippen LogP contribution in [-0.4, -0.2) is 26.2 Å². The molecule has 0 aliphatic carbocycles. The van der Waals surface area contributed by atoms with Crippen molar-refractivity contribution >= 4 is 22.7 Å². The van der Waals surface area contributed by atoms with Gasteiger partial charge in [-0.25, -0.2) is 13.1 Å². The quantitative estimate of drug-likeness (QED) is 0.740. The van der Waals surface area contributed by atoms with Gasteiger partial charge >= 0.3 is 0 Å². The molecular formula is C15H17NO3S2. The second-order valence-corrected chi connectivity index (χ2v) is 6.94. The van der Waals surface area contributed by atoms with Crippen molar-refractivity contribution in [1.82, 2.24) is 4.72 Å². The van der Waals surface area contributed by atoms with Crippen molar-refractivity contribution in [3.05, 3.63) is 48.5 Å². The first kappa shape index (κ1) is 16.0. The van der Waals surface area contributed by atoms with Crippen LogP contribution in [0.2, 0.25) is 0 Å². The summed E-state index contributed by atoms with van der Waals surface area (Å²) >= 11 is 4.39. The zero-order valence-corrected chi connectivity index (χ0v) is 13.2. The Bertz CT molecular complexity index is 712. The van der Waals surface area contributed by atoms with Crippen molar-refractivity contribution in [3.8, 4) is 11.1 Å². The number of aliphatic hydroxyl groups excluding tert-OH is 1. The van der Waals surface area contributed by atoms with Gasteiger partial charge in [0.1, 0.15) is 0 Å². The van der Waals surface area contributed by atoms with Crippen LogP contribution in [0.3, 0.4) is 0 Å². The smallest absolute Gasteiger partial charge is 0.240 e. The first-order chi connectivity index (χ1) is 9.94. The van der Waals surface area contributed by atoms with E-state index >= 15 is 0 Å². The third-order valence-electron chi connectivity index (χ3n) is 3.01. The molecule has 0 amide bonds. The first-order valence-electron chi connectivity index (χ1n) is 6.45. The summed E-state index contributed by atoms with van der Waals surface area (Å²) < 4.78 is 26.6. The molecule has 0 fully saturated rings. The SMILES string of the molecule is C[C@H](CO)NS(=O)(=O)c1ccc(-c2ccccc2S)cc1. The Morgan fingerprint density at radius 2 is 1.76 bits per heavy atom. The molecule has 0 spiro atoms. The minimum absolute atomic E-state index is 0.170. The molecule has 0 bridgehead atoms.